The SMILES string of the molecule is Cc1ccc(S(=O)(=O)N2C[C@H](C(=O)Nc3cc(C)cc(C)c3)Oc3ccc(Cl)cc32)cc1. The van der Waals surface area contributed by atoms with Crippen LogP contribution in [0, 0.1) is 20.8 Å². The Morgan fingerprint density at radius 3 is 2.28 bits per heavy atom. The zero-order valence-electron chi connectivity index (χ0n) is 17.9. The van der Waals surface area contributed by atoms with Gasteiger partial charge in [0.1, 0.15) is 5.75 Å². The Balaban J connectivity index is 1.69. The fraction of sp³-hybridized carbons (Fsp3) is 0.208. The van der Waals surface area contributed by atoms with Crippen LogP contribution in [-0.4, -0.2) is 27.0 Å². The molecule has 0 unspecified atom stereocenters. The summed E-state index contributed by atoms with van der Waals surface area (Å²) < 4.78 is 34.0. The molecule has 0 radical (unpaired) electrons. The van der Waals surface area contributed by atoms with Gasteiger partial charge in [-0.2, -0.15) is 0 Å². The third-order valence-corrected chi connectivity index (χ3v) is 7.21. The summed E-state index contributed by atoms with van der Waals surface area (Å²) in [7, 11) is -3.95. The Kier molecular flexibility index (Phi) is 5.88. The average Bonchev–Trinajstić information content (AvgIpc) is 2.72. The van der Waals surface area contributed by atoms with Gasteiger partial charge in [-0.05, 0) is 74.4 Å². The van der Waals surface area contributed by atoms with E-state index in [1.54, 1.807) is 36.4 Å². The Labute approximate surface area is 192 Å². The highest BCUT2D eigenvalue weighted by molar-refractivity contribution is 7.92. The molecule has 0 spiro atoms. The van der Waals surface area contributed by atoms with E-state index in [-0.39, 0.29) is 17.2 Å². The van der Waals surface area contributed by atoms with E-state index in [0.29, 0.717) is 16.4 Å². The number of hydrogen-bond donors (Lipinski definition) is 1. The van der Waals surface area contributed by atoms with Crippen LogP contribution in [0.15, 0.2) is 65.6 Å². The van der Waals surface area contributed by atoms with Crippen LogP contribution >= 0.6 is 11.6 Å². The molecule has 1 heterocycles. The van der Waals surface area contributed by atoms with Crippen molar-refractivity contribution in [3.63, 3.8) is 0 Å². The smallest absolute Gasteiger partial charge is 0.267 e. The van der Waals surface area contributed by atoms with Crippen LogP contribution in [0.3, 0.4) is 0 Å². The maximum atomic E-state index is 13.5. The summed E-state index contributed by atoms with van der Waals surface area (Å²) in [5, 5.41) is 3.21. The molecular formula is C24H23ClN2O4S. The fourth-order valence-electron chi connectivity index (χ4n) is 3.70. The normalized spacial score (nSPS) is 15.6. The van der Waals surface area contributed by atoms with Crippen LogP contribution in [0.1, 0.15) is 16.7 Å². The van der Waals surface area contributed by atoms with Gasteiger partial charge in [-0.25, -0.2) is 8.42 Å². The molecule has 1 atom stereocenters. The molecular weight excluding hydrogens is 448 g/mol. The van der Waals surface area contributed by atoms with Crippen LogP contribution in [0.5, 0.6) is 5.75 Å². The molecule has 1 amide bonds. The molecule has 1 aliphatic rings. The molecule has 8 heteroatoms. The molecule has 0 aliphatic carbocycles. The van der Waals surface area contributed by atoms with Crippen molar-refractivity contribution in [1.29, 1.82) is 0 Å². The van der Waals surface area contributed by atoms with Crippen LogP contribution in [0.2, 0.25) is 5.02 Å². The second-order valence-corrected chi connectivity index (χ2v) is 10.2. The summed E-state index contributed by atoms with van der Waals surface area (Å²) >= 11 is 6.14. The lowest BCUT2D eigenvalue weighted by Gasteiger charge is -2.35. The zero-order valence-corrected chi connectivity index (χ0v) is 19.5. The first-order chi connectivity index (χ1) is 15.1. The summed E-state index contributed by atoms with van der Waals surface area (Å²) in [5.74, 6) is -0.156. The number of hydrogen-bond acceptors (Lipinski definition) is 4. The van der Waals surface area contributed by atoms with Crippen LogP contribution in [0.25, 0.3) is 0 Å². The second-order valence-electron chi connectivity index (χ2n) is 7.93. The van der Waals surface area contributed by atoms with Crippen molar-refractivity contribution in [2.24, 2.45) is 0 Å². The minimum atomic E-state index is -3.95. The van der Waals surface area contributed by atoms with Crippen LogP contribution < -0.4 is 14.4 Å². The number of nitrogens with zero attached hydrogens (tertiary/aromatic N) is 1. The van der Waals surface area contributed by atoms with Crippen molar-refractivity contribution in [2.45, 2.75) is 31.8 Å². The van der Waals surface area contributed by atoms with Gasteiger partial charge in [-0.15, -0.1) is 0 Å². The number of carbonyl (C=O) groups excluding carboxylic acids is 1. The third-order valence-electron chi connectivity index (χ3n) is 5.18. The van der Waals surface area contributed by atoms with E-state index in [0.717, 1.165) is 16.7 Å². The number of nitrogens with one attached hydrogen (secondary N) is 1. The molecule has 0 fully saturated rings. The minimum absolute atomic E-state index is 0.129. The number of amides is 1. The lowest BCUT2D eigenvalue weighted by molar-refractivity contribution is -0.122. The highest BCUT2D eigenvalue weighted by Gasteiger charge is 2.37. The Hall–Kier alpha value is -3.03. The number of aryl methyl sites for hydroxylation is 3. The molecule has 0 saturated heterocycles. The summed E-state index contributed by atoms with van der Waals surface area (Å²) in [4.78, 5) is 13.2. The zero-order chi connectivity index (χ0) is 23.0. The summed E-state index contributed by atoms with van der Waals surface area (Å²) in [6, 6.07) is 17.0. The number of anilines is 2. The maximum absolute atomic E-state index is 13.5. The molecule has 1 aliphatic heterocycles. The Morgan fingerprint density at radius 2 is 1.62 bits per heavy atom. The standard InChI is InChI=1S/C24H23ClN2O4S/c1-15-4-7-20(8-5-15)32(29,30)27-14-23(31-22-9-6-18(25)13-21(22)27)24(28)26-19-11-16(2)10-17(3)12-19/h4-13,23H,14H2,1-3H3,(H,26,28)/t23-/m1/s1. The number of benzene rings is 3. The topological polar surface area (TPSA) is 75.7 Å². The first-order valence-electron chi connectivity index (χ1n) is 10.1. The van der Waals surface area contributed by atoms with E-state index in [9.17, 15) is 13.2 Å². The van der Waals surface area contributed by atoms with Crippen molar-refractivity contribution in [3.05, 3.63) is 82.4 Å². The number of halogens is 1. The predicted octanol–water partition coefficient (Wildman–Crippen LogP) is 4.86. The largest absolute Gasteiger partial charge is 0.476 e. The number of sulfonamides is 1. The van der Waals surface area contributed by atoms with Crippen molar-refractivity contribution in [3.8, 4) is 5.75 Å². The molecule has 0 bridgehead atoms. The predicted molar refractivity (Wildman–Crippen MR) is 126 cm³/mol. The van der Waals surface area contributed by atoms with Gasteiger partial charge in [-0.3, -0.25) is 9.10 Å². The van der Waals surface area contributed by atoms with Gasteiger partial charge in [0.25, 0.3) is 15.9 Å². The van der Waals surface area contributed by atoms with Gasteiger partial charge in [0, 0.05) is 10.7 Å². The van der Waals surface area contributed by atoms with Gasteiger partial charge in [-0.1, -0.05) is 35.4 Å². The molecule has 0 saturated carbocycles. The molecule has 4 rings (SSSR count). The minimum Gasteiger partial charge on any atom is -0.476 e. The highest BCUT2D eigenvalue weighted by Crippen LogP contribution is 2.39. The molecule has 166 valence electrons. The molecule has 6 nitrogen and oxygen atoms in total. The number of ether oxygens (including phenoxy) is 1. The average molecular weight is 471 g/mol. The maximum Gasteiger partial charge on any atom is 0.267 e. The summed E-state index contributed by atoms with van der Waals surface area (Å²) in [6.07, 6.45) is -1.04. The van der Waals surface area contributed by atoms with Crippen molar-refractivity contribution in [2.75, 3.05) is 16.2 Å². The van der Waals surface area contributed by atoms with E-state index in [1.807, 2.05) is 39.0 Å². The third kappa shape index (κ3) is 4.45. The molecule has 3 aromatic carbocycles. The second kappa shape index (κ2) is 8.48. The highest BCUT2D eigenvalue weighted by atomic mass is 35.5. The molecule has 3 aromatic rings. The van der Waals surface area contributed by atoms with Crippen molar-refractivity contribution in [1.82, 2.24) is 0 Å². The fourth-order valence-corrected chi connectivity index (χ4v) is 5.33. The monoisotopic (exact) mass is 470 g/mol. The number of fused-ring (bicyclic) bond motifs is 1. The van der Waals surface area contributed by atoms with E-state index in [4.69, 9.17) is 16.3 Å². The summed E-state index contributed by atoms with van der Waals surface area (Å²) in [5.41, 5.74) is 3.89. The number of carbonyl (C=O) groups is 1. The van der Waals surface area contributed by atoms with Gasteiger partial charge in [0.05, 0.1) is 17.1 Å². The van der Waals surface area contributed by atoms with Crippen molar-refractivity contribution < 1.29 is 17.9 Å². The van der Waals surface area contributed by atoms with Crippen molar-refractivity contribution >= 4 is 38.9 Å². The lowest BCUT2D eigenvalue weighted by atomic mass is 10.1. The van der Waals surface area contributed by atoms with Gasteiger partial charge in [0.2, 0.25) is 0 Å². The Bertz CT molecular complexity index is 1270. The van der Waals surface area contributed by atoms with Gasteiger partial charge < -0.3 is 10.1 Å². The van der Waals surface area contributed by atoms with Crippen LogP contribution in [-0.2, 0) is 14.8 Å². The molecule has 32 heavy (non-hydrogen) atoms. The van der Waals surface area contributed by atoms with Crippen LogP contribution in [0.4, 0.5) is 11.4 Å². The molecule has 1 N–H and O–H groups in total. The number of rotatable bonds is 4. The van der Waals surface area contributed by atoms with E-state index >= 15 is 0 Å². The quantitative estimate of drug-likeness (QED) is 0.590. The van der Waals surface area contributed by atoms with Gasteiger partial charge in [0.15, 0.2) is 6.10 Å². The lowest BCUT2D eigenvalue weighted by Crippen LogP contribution is -2.48. The Morgan fingerprint density at radius 1 is 0.969 bits per heavy atom. The first kappa shape index (κ1) is 22.2. The van der Waals surface area contributed by atoms with E-state index in [2.05, 4.69) is 5.32 Å². The van der Waals surface area contributed by atoms with E-state index < -0.39 is 22.0 Å². The first-order valence-corrected chi connectivity index (χ1v) is 11.9. The van der Waals surface area contributed by atoms with Gasteiger partial charge >= 0.3 is 0 Å². The summed E-state index contributed by atoms with van der Waals surface area (Å²) in [6.45, 7) is 5.58. The molecule has 0 aromatic heterocycles. The van der Waals surface area contributed by atoms with E-state index in [1.165, 1.54) is 10.4 Å².